The number of aromatic nitrogens is 4. The van der Waals surface area contributed by atoms with E-state index in [2.05, 4.69) is 137 Å². The van der Waals surface area contributed by atoms with Gasteiger partial charge in [0.15, 0.2) is 0 Å². The highest BCUT2D eigenvalue weighted by Gasteiger charge is 2.23. The zero-order valence-electron chi connectivity index (χ0n) is 30.6. The molecule has 6 heteroatoms. The summed E-state index contributed by atoms with van der Waals surface area (Å²) < 4.78 is 11.7. The predicted molar refractivity (Wildman–Crippen MR) is 186 cm³/mol. The highest BCUT2D eigenvalue weighted by Crippen LogP contribution is 2.18. The molecule has 0 N–H and O–H groups in total. The van der Waals surface area contributed by atoms with E-state index in [4.69, 9.17) is 0 Å². The molecule has 3 aromatic rings. The molecule has 1 aromatic carbocycles. The topological polar surface area (TPSA) is 17.6 Å². The van der Waals surface area contributed by atoms with Crippen LogP contribution in [0.4, 0.5) is 0 Å². The molecular formula is C38H70N6+4. The molecule has 0 saturated heterocycles. The summed E-state index contributed by atoms with van der Waals surface area (Å²) in [6, 6.07) is 9.44. The normalized spacial score (nSPS) is 12.0. The van der Waals surface area contributed by atoms with Crippen LogP contribution in [0.3, 0.4) is 0 Å². The minimum atomic E-state index is 1.13. The zero-order chi connectivity index (χ0) is 32.6. The van der Waals surface area contributed by atoms with Gasteiger partial charge in [-0.3, -0.25) is 0 Å². The number of unbranched alkanes of at least 4 members (excludes halogenated alkanes) is 1. The monoisotopic (exact) mass is 611 g/mol. The summed E-state index contributed by atoms with van der Waals surface area (Å²) in [6.45, 7) is 30.3. The fourth-order valence-electron chi connectivity index (χ4n) is 6.71. The molecule has 0 spiro atoms. The number of nitrogens with zero attached hydrogens (tertiary/aromatic N) is 6. The van der Waals surface area contributed by atoms with Gasteiger partial charge in [0.05, 0.1) is 66.5 Å². The van der Waals surface area contributed by atoms with E-state index in [0.29, 0.717) is 0 Å². The van der Waals surface area contributed by atoms with Crippen molar-refractivity contribution in [3.05, 3.63) is 71.8 Å². The van der Waals surface area contributed by atoms with Crippen LogP contribution in [0.25, 0.3) is 0 Å². The van der Waals surface area contributed by atoms with Crippen LogP contribution in [0.2, 0.25) is 0 Å². The lowest BCUT2D eigenvalue weighted by molar-refractivity contribution is -0.936. The first-order chi connectivity index (χ1) is 21.2. The van der Waals surface area contributed by atoms with Gasteiger partial charge in [0, 0.05) is 24.0 Å². The first-order valence-corrected chi connectivity index (χ1v) is 18.0. The van der Waals surface area contributed by atoms with Gasteiger partial charge in [0.1, 0.15) is 37.9 Å². The Morgan fingerprint density at radius 3 is 1.11 bits per heavy atom. The van der Waals surface area contributed by atoms with E-state index < -0.39 is 0 Å². The molecule has 0 unspecified atom stereocenters. The largest absolute Gasteiger partial charge is 0.321 e. The summed E-state index contributed by atoms with van der Waals surface area (Å²) in [7, 11) is 4.30. The molecule has 248 valence electrons. The van der Waals surface area contributed by atoms with Crippen molar-refractivity contribution < 1.29 is 18.1 Å². The summed E-state index contributed by atoms with van der Waals surface area (Å²) in [5, 5.41) is 0. The van der Waals surface area contributed by atoms with E-state index in [-0.39, 0.29) is 0 Å². The molecule has 44 heavy (non-hydrogen) atoms. The number of rotatable bonds is 19. The molecular weight excluding hydrogens is 540 g/mol. The van der Waals surface area contributed by atoms with Gasteiger partial charge in [-0.05, 0) is 67.2 Å². The van der Waals surface area contributed by atoms with Crippen molar-refractivity contribution in [1.29, 1.82) is 0 Å². The van der Waals surface area contributed by atoms with E-state index in [0.717, 1.165) is 25.9 Å². The minimum Gasteiger partial charge on any atom is -0.321 e. The third-order valence-corrected chi connectivity index (χ3v) is 10.5. The van der Waals surface area contributed by atoms with Gasteiger partial charge in [-0.2, -0.15) is 0 Å². The van der Waals surface area contributed by atoms with Crippen LogP contribution in [0, 0.1) is 0 Å². The molecule has 0 aliphatic rings. The Labute approximate surface area is 272 Å². The van der Waals surface area contributed by atoms with Gasteiger partial charge in [-0.1, -0.05) is 38.1 Å². The molecule has 0 fully saturated rings. The minimum absolute atomic E-state index is 1.13. The van der Waals surface area contributed by atoms with Crippen molar-refractivity contribution in [1.82, 2.24) is 9.13 Å². The Balaban J connectivity index is 0.000000307. The number of benzene rings is 1. The second-order valence-corrected chi connectivity index (χ2v) is 13.0. The molecule has 0 bridgehead atoms. The van der Waals surface area contributed by atoms with Crippen LogP contribution in [-0.4, -0.2) is 57.4 Å². The quantitative estimate of drug-likeness (QED) is 0.0811. The van der Waals surface area contributed by atoms with Crippen LogP contribution >= 0.6 is 0 Å². The highest BCUT2D eigenvalue weighted by atomic mass is 15.3. The number of hydrogen-bond acceptors (Lipinski definition) is 0. The summed E-state index contributed by atoms with van der Waals surface area (Å²) in [6.07, 6.45) is 16.0. The number of hydrogen-bond donors (Lipinski definition) is 0. The van der Waals surface area contributed by atoms with Crippen LogP contribution in [0.1, 0.15) is 104 Å². The summed E-state index contributed by atoms with van der Waals surface area (Å²) >= 11 is 0. The predicted octanol–water partition coefficient (Wildman–Crippen LogP) is 6.76. The smallest absolute Gasteiger partial charge is 0.256 e. The number of quaternary nitrogens is 2. The maximum absolute atomic E-state index is 2.42. The fraction of sp³-hybridized carbons (Fsp3) is 0.684. The van der Waals surface area contributed by atoms with Gasteiger partial charge in [-0.25, -0.2) is 18.3 Å². The molecule has 0 amide bonds. The van der Waals surface area contributed by atoms with Crippen molar-refractivity contribution in [2.24, 2.45) is 14.1 Å². The molecule has 0 aliphatic heterocycles. The molecule has 0 radical (unpaired) electrons. The summed E-state index contributed by atoms with van der Waals surface area (Å²) in [5.74, 6) is 2.89. The molecule has 0 saturated carbocycles. The first kappa shape index (κ1) is 37.7. The van der Waals surface area contributed by atoms with E-state index in [1.54, 1.807) is 0 Å². The lowest BCUT2D eigenvalue weighted by Crippen LogP contribution is -2.47. The number of aryl methyl sites for hydroxylation is 4. The molecule has 2 heterocycles. The molecule has 2 aromatic heterocycles. The van der Waals surface area contributed by atoms with Gasteiger partial charge >= 0.3 is 0 Å². The van der Waals surface area contributed by atoms with Gasteiger partial charge in [0.25, 0.3) is 11.6 Å². The summed E-state index contributed by atoms with van der Waals surface area (Å²) in [4.78, 5) is 0. The van der Waals surface area contributed by atoms with Crippen LogP contribution in [0.15, 0.2) is 49.1 Å². The molecule has 0 aliphatic carbocycles. The average Bonchev–Trinajstić information content (AvgIpc) is 3.59. The maximum Gasteiger partial charge on any atom is 0.256 e. The van der Waals surface area contributed by atoms with Crippen molar-refractivity contribution in [2.45, 2.75) is 120 Å². The van der Waals surface area contributed by atoms with Gasteiger partial charge in [0.2, 0.25) is 0 Å². The Morgan fingerprint density at radius 1 is 0.523 bits per heavy atom. The van der Waals surface area contributed by atoms with Crippen molar-refractivity contribution in [3.8, 4) is 0 Å². The van der Waals surface area contributed by atoms with E-state index in [1.165, 1.54) is 110 Å². The van der Waals surface area contributed by atoms with Gasteiger partial charge in [-0.15, -0.1) is 0 Å². The zero-order valence-corrected chi connectivity index (χ0v) is 30.6. The van der Waals surface area contributed by atoms with Crippen molar-refractivity contribution in [2.75, 3.05) is 39.3 Å². The van der Waals surface area contributed by atoms with E-state index in [9.17, 15) is 0 Å². The lowest BCUT2D eigenvalue weighted by atomic mass is 10.1. The van der Waals surface area contributed by atoms with E-state index in [1.807, 2.05) is 0 Å². The Kier molecular flexibility index (Phi) is 16.4. The van der Waals surface area contributed by atoms with E-state index >= 15 is 0 Å². The number of imidazole rings is 2. The Morgan fingerprint density at radius 2 is 0.841 bits per heavy atom. The molecule has 3 rings (SSSR count). The summed E-state index contributed by atoms with van der Waals surface area (Å²) in [5.41, 5.74) is 2.97. The van der Waals surface area contributed by atoms with Crippen molar-refractivity contribution in [3.63, 3.8) is 0 Å². The second-order valence-electron chi connectivity index (χ2n) is 13.0. The fourth-order valence-corrected chi connectivity index (χ4v) is 6.71. The highest BCUT2D eigenvalue weighted by molar-refractivity contribution is 5.21. The average molecular weight is 611 g/mol. The lowest BCUT2D eigenvalue weighted by Gasteiger charge is -2.36. The van der Waals surface area contributed by atoms with Crippen LogP contribution in [0.5, 0.6) is 0 Å². The van der Waals surface area contributed by atoms with Gasteiger partial charge < -0.3 is 8.97 Å². The standard InChI is InChI=1S/C20H38N2.C18H32N4/c1-7-21(8-2,9-3)17-19-13-15-20(16-14-19)18-22(10-4,11-5)12-6;1-5-9-17-19(3)13-15-21(17)11-7-8-12-22-16-14-20(4)18(22)10-6-2/h13-16H,7-12,17-18H2,1-6H3;13-16H,5-12H2,1-4H3/q2*+2. The molecule has 0 atom stereocenters. The van der Waals surface area contributed by atoms with Crippen LogP contribution in [-0.2, 0) is 53.1 Å². The molecule has 6 nitrogen and oxygen atoms in total. The third-order valence-electron chi connectivity index (χ3n) is 10.5. The van der Waals surface area contributed by atoms with Crippen LogP contribution < -0.4 is 9.13 Å². The maximum atomic E-state index is 2.42. The SMILES string of the molecule is CCCc1n(CCCCn2cc[n+](C)c2CCC)cc[n+]1C.CC[N+](CC)(CC)Cc1ccc(C[N+](CC)(CC)CC)cc1. The Hall–Kier alpha value is -2.44. The second kappa shape index (κ2) is 19.2. The first-order valence-electron chi connectivity index (χ1n) is 18.0. The van der Waals surface area contributed by atoms with Crippen molar-refractivity contribution >= 4 is 0 Å². The Bertz CT molecular complexity index is 1070. The third kappa shape index (κ3) is 10.6.